The highest BCUT2D eigenvalue weighted by atomic mass is 32.2. The summed E-state index contributed by atoms with van der Waals surface area (Å²) in [5, 5.41) is 5.38. The van der Waals surface area contributed by atoms with Crippen molar-refractivity contribution in [3.8, 4) is 11.3 Å². The number of H-pyrrole nitrogens is 2. The van der Waals surface area contributed by atoms with Crippen LogP contribution in [-0.2, 0) is 0 Å². The molecule has 0 saturated heterocycles. The largest absolute Gasteiger partial charge is 0.298 e. The van der Waals surface area contributed by atoms with Gasteiger partial charge in [0, 0.05) is 15.9 Å². The van der Waals surface area contributed by atoms with Crippen molar-refractivity contribution in [1.82, 2.24) is 10.2 Å². The normalized spacial score (nSPS) is 10.5. The third kappa shape index (κ3) is 2.80. The van der Waals surface area contributed by atoms with E-state index in [4.69, 9.17) is 0 Å². The van der Waals surface area contributed by atoms with Gasteiger partial charge in [0.25, 0.3) is 5.56 Å². The first-order valence-corrected chi connectivity index (χ1v) is 6.74. The third-order valence-corrected chi connectivity index (χ3v) is 3.76. The average Bonchev–Trinajstić information content (AvgIpc) is 2.87. The minimum Gasteiger partial charge on any atom is -0.298 e. The standard InChI is InChI=1S/C15H12N2OS/c18-15-10-14(16-17-15)11-6-8-13(9-7-11)19-12-4-2-1-3-5-12/h1-10H,(H2,16,17,18). The Hall–Kier alpha value is -2.20. The number of hydrogen-bond donors (Lipinski definition) is 2. The van der Waals surface area contributed by atoms with Crippen LogP contribution in [0.3, 0.4) is 0 Å². The van der Waals surface area contributed by atoms with Gasteiger partial charge in [0.2, 0.25) is 0 Å². The number of nitrogens with one attached hydrogen (secondary N) is 2. The lowest BCUT2D eigenvalue weighted by molar-refractivity contribution is 1.06. The van der Waals surface area contributed by atoms with E-state index < -0.39 is 0 Å². The number of aromatic nitrogens is 2. The van der Waals surface area contributed by atoms with Crippen molar-refractivity contribution < 1.29 is 0 Å². The van der Waals surface area contributed by atoms with Crippen molar-refractivity contribution in [3.05, 3.63) is 71.0 Å². The molecule has 0 unspecified atom stereocenters. The summed E-state index contributed by atoms with van der Waals surface area (Å²) in [6.45, 7) is 0. The van der Waals surface area contributed by atoms with E-state index in [1.807, 2.05) is 30.3 Å². The molecule has 0 spiro atoms. The molecule has 0 aliphatic rings. The van der Waals surface area contributed by atoms with E-state index in [9.17, 15) is 4.79 Å². The zero-order valence-electron chi connectivity index (χ0n) is 10.1. The van der Waals surface area contributed by atoms with Crippen LogP contribution in [0.2, 0.25) is 0 Å². The molecule has 1 heterocycles. The summed E-state index contributed by atoms with van der Waals surface area (Å²) in [4.78, 5) is 13.5. The van der Waals surface area contributed by atoms with E-state index in [0.717, 1.165) is 11.3 Å². The quantitative estimate of drug-likeness (QED) is 0.763. The first-order valence-electron chi connectivity index (χ1n) is 5.92. The fraction of sp³-hybridized carbons (Fsp3) is 0. The van der Waals surface area contributed by atoms with Crippen molar-refractivity contribution in [2.24, 2.45) is 0 Å². The predicted molar refractivity (Wildman–Crippen MR) is 77.4 cm³/mol. The van der Waals surface area contributed by atoms with Crippen LogP contribution in [0.1, 0.15) is 0 Å². The Morgan fingerprint density at radius 3 is 2.11 bits per heavy atom. The average molecular weight is 268 g/mol. The predicted octanol–water partition coefficient (Wildman–Crippen LogP) is 3.52. The summed E-state index contributed by atoms with van der Waals surface area (Å²) in [5.74, 6) is 0. The fourth-order valence-electron chi connectivity index (χ4n) is 1.81. The minimum absolute atomic E-state index is 0.113. The Bertz CT molecular complexity index is 714. The molecular weight excluding hydrogens is 256 g/mol. The summed E-state index contributed by atoms with van der Waals surface area (Å²) in [6.07, 6.45) is 0. The zero-order chi connectivity index (χ0) is 13.1. The second-order valence-electron chi connectivity index (χ2n) is 4.11. The van der Waals surface area contributed by atoms with Crippen LogP contribution >= 0.6 is 11.8 Å². The van der Waals surface area contributed by atoms with Gasteiger partial charge in [-0.1, -0.05) is 42.1 Å². The zero-order valence-corrected chi connectivity index (χ0v) is 10.9. The molecular formula is C15H12N2OS. The van der Waals surface area contributed by atoms with Gasteiger partial charge in [0.05, 0.1) is 5.69 Å². The van der Waals surface area contributed by atoms with Gasteiger partial charge in [0.15, 0.2) is 0 Å². The van der Waals surface area contributed by atoms with Crippen LogP contribution in [0.25, 0.3) is 11.3 Å². The lowest BCUT2D eigenvalue weighted by Crippen LogP contribution is -1.93. The SMILES string of the molecule is O=c1cc(-c2ccc(Sc3ccccc3)cc2)[nH][nH]1. The smallest absolute Gasteiger partial charge is 0.264 e. The maximum atomic E-state index is 11.1. The lowest BCUT2D eigenvalue weighted by Gasteiger charge is -2.02. The summed E-state index contributed by atoms with van der Waals surface area (Å²) in [6, 6.07) is 19.9. The van der Waals surface area contributed by atoms with Crippen LogP contribution < -0.4 is 5.56 Å². The maximum Gasteiger partial charge on any atom is 0.264 e. The van der Waals surface area contributed by atoms with Gasteiger partial charge in [-0.2, -0.15) is 0 Å². The molecule has 1 aromatic heterocycles. The van der Waals surface area contributed by atoms with Gasteiger partial charge in [-0.05, 0) is 29.8 Å². The van der Waals surface area contributed by atoms with E-state index in [2.05, 4.69) is 34.5 Å². The van der Waals surface area contributed by atoms with Gasteiger partial charge >= 0.3 is 0 Å². The molecule has 0 bridgehead atoms. The number of rotatable bonds is 3. The maximum absolute atomic E-state index is 11.1. The number of hydrogen-bond acceptors (Lipinski definition) is 2. The first-order chi connectivity index (χ1) is 9.31. The van der Waals surface area contributed by atoms with Crippen LogP contribution in [0, 0.1) is 0 Å². The molecule has 0 atom stereocenters. The fourth-order valence-corrected chi connectivity index (χ4v) is 2.65. The van der Waals surface area contributed by atoms with E-state index in [-0.39, 0.29) is 5.56 Å². The number of aromatic amines is 2. The highest BCUT2D eigenvalue weighted by Gasteiger charge is 2.01. The Morgan fingerprint density at radius 1 is 0.789 bits per heavy atom. The van der Waals surface area contributed by atoms with Crippen molar-refractivity contribution in [2.75, 3.05) is 0 Å². The first kappa shape index (κ1) is 11.9. The molecule has 3 rings (SSSR count). The summed E-state index contributed by atoms with van der Waals surface area (Å²) in [5.41, 5.74) is 1.69. The van der Waals surface area contributed by atoms with Crippen LogP contribution in [0.15, 0.2) is 75.2 Å². The Balaban J connectivity index is 1.81. The van der Waals surface area contributed by atoms with Crippen LogP contribution in [0.5, 0.6) is 0 Å². The van der Waals surface area contributed by atoms with Gasteiger partial charge < -0.3 is 0 Å². The Labute approximate surface area is 114 Å². The van der Waals surface area contributed by atoms with Gasteiger partial charge in [-0.15, -0.1) is 0 Å². The lowest BCUT2D eigenvalue weighted by atomic mass is 10.2. The van der Waals surface area contributed by atoms with E-state index in [1.165, 1.54) is 9.79 Å². The molecule has 3 aromatic rings. The highest BCUT2D eigenvalue weighted by Crippen LogP contribution is 2.28. The molecule has 3 nitrogen and oxygen atoms in total. The van der Waals surface area contributed by atoms with Crippen LogP contribution in [0.4, 0.5) is 0 Å². The van der Waals surface area contributed by atoms with Gasteiger partial charge in [-0.25, -0.2) is 0 Å². The molecule has 0 fully saturated rings. The molecule has 0 saturated carbocycles. The third-order valence-electron chi connectivity index (χ3n) is 2.74. The second-order valence-corrected chi connectivity index (χ2v) is 5.26. The Kier molecular flexibility index (Phi) is 3.25. The molecule has 19 heavy (non-hydrogen) atoms. The van der Waals surface area contributed by atoms with E-state index >= 15 is 0 Å². The van der Waals surface area contributed by atoms with E-state index in [1.54, 1.807) is 17.8 Å². The molecule has 4 heteroatoms. The molecule has 0 radical (unpaired) electrons. The molecule has 2 aromatic carbocycles. The van der Waals surface area contributed by atoms with Crippen molar-refractivity contribution in [2.45, 2.75) is 9.79 Å². The summed E-state index contributed by atoms with van der Waals surface area (Å²) in [7, 11) is 0. The van der Waals surface area contributed by atoms with Gasteiger partial charge in [-0.3, -0.25) is 15.0 Å². The minimum atomic E-state index is -0.113. The topological polar surface area (TPSA) is 48.6 Å². The summed E-state index contributed by atoms with van der Waals surface area (Å²) < 4.78 is 0. The second kappa shape index (κ2) is 5.20. The van der Waals surface area contributed by atoms with Crippen molar-refractivity contribution in [1.29, 1.82) is 0 Å². The molecule has 2 N–H and O–H groups in total. The Morgan fingerprint density at radius 2 is 1.47 bits per heavy atom. The molecule has 0 amide bonds. The van der Waals surface area contributed by atoms with Gasteiger partial charge in [0.1, 0.15) is 0 Å². The monoisotopic (exact) mass is 268 g/mol. The number of benzene rings is 2. The molecule has 0 aliphatic heterocycles. The highest BCUT2D eigenvalue weighted by molar-refractivity contribution is 7.99. The van der Waals surface area contributed by atoms with Crippen molar-refractivity contribution in [3.63, 3.8) is 0 Å². The van der Waals surface area contributed by atoms with Crippen LogP contribution in [-0.4, -0.2) is 10.2 Å². The van der Waals surface area contributed by atoms with E-state index in [0.29, 0.717) is 0 Å². The van der Waals surface area contributed by atoms with Crippen molar-refractivity contribution >= 4 is 11.8 Å². The molecule has 94 valence electrons. The molecule has 0 aliphatic carbocycles. The summed E-state index contributed by atoms with van der Waals surface area (Å²) >= 11 is 1.72.